The summed E-state index contributed by atoms with van der Waals surface area (Å²) in [4.78, 5) is 17.2. The molecule has 0 atom stereocenters. The number of ether oxygens (including phenoxy) is 2. The first-order valence-corrected chi connectivity index (χ1v) is 10.9. The second-order valence-electron chi connectivity index (χ2n) is 7.35. The molecule has 0 saturated carbocycles. The van der Waals surface area contributed by atoms with Crippen LogP contribution in [-0.2, 0) is 0 Å². The third-order valence-corrected chi connectivity index (χ3v) is 6.29. The molecule has 3 aromatic rings. The van der Waals surface area contributed by atoms with Gasteiger partial charge in [0.1, 0.15) is 5.82 Å². The van der Waals surface area contributed by atoms with Gasteiger partial charge in [-0.3, -0.25) is 4.79 Å². The van der Waals surface area contributed by atoms with Crippen LogP contribution in [-0.4, -0.2) is 54.6 Å². The summed E-state index contributed by atoms with van der Waals surface area (Å²) in [6, 6.07) is 13.8. The van der Waals surface area contributed by atoms with Gasteiger partial charge in [0.25, 0.3) is 5.91 Å². The Bertz CT molecular complexity index is 1030. The fourth-order valence-electron chi connectivity index (χ4n) is 3.85. The lowest BCUT2D eigenvalue weighted by atomic mass is 10.1. The fourth-order valence-corrected chi connectivity index (χ4v) is 4.64. The van der Waals surface area contributed by atoms with E-state index in [4.69, 9.17) is 9.47 Å². The van der Waals surface area contributed by atoms with Crippen molar-refractivity contribution in [2.45, 2.75) is 12.8 Å². The van der Waals surface area contributed by atoms with E-state index >= 15 is 0 Å². The molecule has 150 valence electrons. The first-order chi connectivity index (χ1) is 14.3. The van der Waals surface area contributed by atoms with E-state index in [0.717, 1.165) is 37.5 Å². The Kier molecular flexibility index (Phi) is 4.97. The lowest BCUT2D eigenvalue weighted by Crippen LogP contribution is -2.49. The lowest BCUT2D eigenvalue weighted by molar-refractivity contribution is 0.0746. The Labute approximate surface area is 173 Å². The molecule has 7 heteroatoms. The molecule has 2 aromatic carbocycles. The summed E-state index contributed by atoms with van der Waals surface area (Å²) in [5, 5.41) is 1.19. The molecule has 29 heavy (non-hydrogen) atoms. The number of benzene rings is 2. The number of fused-ring (bicyclic) bond motifs is 2. The molecule has 0 N–H and O–H groups in total. The Morgan fingerprint density at radius 1 is 0.931 bits per heavy atom. The lowest BCUT2D eigenvalue weighted by Gasteiger charge is -2.35. The van der Waals surface area contributed by atoms with Gasteiger partial charge in [0.15, 0.2) is 11.5 Å². The van der Waals surface area contributed by atoms with Gasteiger partial charge in [-0.2, -0.15) is 4.37 Å². The van der Waals surface area contributed by atoms with Crippen LogP contribution in [0.1, 0.15) is 23.2 Å². The van der Waals surface area contributed by atoms with Crippen LogP contribution in [0, 0.1) is 0 Å². The number of aromatic nitrogens is 1. The van der Waals surface area contributed by atoms with Gasteiger partial charge in [-0.15, -0.1) is 0 Å². The largest absolute Gasteiger partial charge is 0.490 e. The third kappa shape index (κ3) is 3.62. The summed E-state index contributed by atoms with van der Waals surface area (Å²) in [6.07, 6.45) is 1.95. The number of anilines is 1. The van der Waals surface area contributed by atoms with Crippen molar-refractivity contribution in [1.29, 1.82) is 0 Å². The van der Waals surface area contributed by atoms with E-state index in [1.165, 1.54) is 21.6 Å². The van der Waals surface area contributed by atoms with Gasteiger partial charge in [-0.25, -0.2) is 0 Å². The standard InChI is InChI=1S/C22H23N3O3S/c26-22(16-7-8-18-19(15-16)28-14-4-3-13-27-18)25-11-9-24(10-12-25)21-17-5-1-2-6-20(17)29-23-21/h1-2,5-8,15H,3-4,9-14H2. The van der Waals surface area contributed by atoms with E-state index in [0.29, 0.717) is 37.6 Å². The van der Waals surface area contributed by atoms with Crippen molar-refractivity contribution in [2.24, 2.45) is 0 Å². The van der Waals surface area contributed by atoms with Crippen molar-refractivity contribution in [3.63, 3.8) is 0 Å². The van der Waals surface area contributed by atoms with Gasteiger partial charge in [0, 0.05) is 37.1 Å². The van der Waals surface area contributed by atoms with Crippen LogP contribution in [0.2, 0.25) is 0 Å². The molecule has 6 nitrogen and oxygen atoms in total. The summed E-state index contributed by atoms with van der Waals surface area (Å²) in [6.45, 7) is 4.28. The van der Waals surface area contributed by atoms with Crippen LogP contribution < -0.4 is 14.4 Å². The van der Waals surface area contributed by atoms with E-state index < -0.39 is 0 Å². The molecule has 0 bridgehead atoms. The average Bonchev–Trinajstić information content (AvgIpc) is 3.18. The van der Waals surface area contributed by atoms with Crippen LogP contribution in [0.15, 0.2) is 42.5 Å². The highest BCUT2D eigenvalue weighted by atomic mass is 32.1. The minimum absolute atomic E-state index is 0.0428. The molecular weight excluding hydrogens is 386 g/mol. The minimum Gasteiger partial charge on any atom is -0.490 e. The normalized spacial score (nSPS) is 17.1. The summed E-state index contributed by atoms with van der Waals surface area (Å²) in [5.74, 6) is 2.47. The van der Waals surface area contributed by atoms with Crippen molar-refractivity contribution >= 4 is 33.3 Å². The highest BCUT2D eigenvalue weighted by Crippen LogP contribution is 2.32. The van der Waals surface area contributed by atoms with Crippen molar-refractivity contribution < 1.29 is 14.3 Å². The topological polar surface area (TPSA) is 54.9 Å². The average molecular weight is 410 g/mol. The van der Waals surface area contributed by atoms with Gasteiger partial charge >= 0.3 is 0 Å². The molecule has 1 saturated heterocycles. The fraction of sp³-hybridized carbons (Fsp3) is 0.364. The zero-order valence-corrected chi connectivity index (χ0v) is 17.0. The Morgan fingerprint density at radius 2 is 1.69 bits per heavy atom. The number of rotatable bonds is 2. The second kappa shape index (κ2) is 7.91. The third-order valence-electron chi connectivity index (χ3n) is 5.47. The molecule has 5 rings (SSSR count). The Balaban J connectivity index is 1.28. The highest BCUT2D eigenvalue weighted by molar-refractivity contribution is 7.13. The Morgan fingerprint density at radius 3 is 2.52 bits per heavy atom. The zero-order valence-electron chi connectivity index (χ0n) is 16.2. The van der Waals surface area contributed by atoms with Gasteiger partial charge in [0.2, 0.25) is 0 Å². The maximum atomic E-state index is 13.0. The number of piperazine rings is 1. The first kappa shape index (κ1) is 18.2. The molecule has 0 unspecified atom stereocenters. The molecule has 2 aliphatic heterocycles. The van der Waals surface area contributed by atoms with Crippen LogP contribution in [0.25, 0.3) is 10.1 Å². The van der Waals surface area contributed by atoms with Gasteiger partial charge in [0.05, 0.1) is 17.9 Å². The molecule has 2 aliphatic rings. The first-order valence-electron chi connectivity index (χ1n) is 10.1. The Hall–Kier alpha value is -2.80. The number of hydrogen-bond donors (Lipinski definition) is 0. The van der Waals surface area contributed by atoms with E-state index in [-0.39, 0.29) is 5.91 Å². The molecule has 3 heterocycles. The van der Waals surface area contributed by atoms with Gasteiger partial charge < -0.3 is 19.3 Å². The molecule has 0 spiro atoms. The maximum Gasteiger partial charge on any atom is 0.254 e. The highest BCUT2D eigenvalue weighted by Gasteiger charge is 2.25. The van der Waals surface area contributed by atoms with E-state index in [1.807, 2.05) is 35.2 Å². The molecule has 1 fully saturated rings. The number of carbonyl (C=O) groups excluding carboxylic acids is 1. The predicted molar refractivity (Wildman–Crippen MR) is 114 cm³/mol. The van der Waals surface area contributed by atoms with Crippen molar-refractivity contribution in [3.8, 4) is 11.5 Å². The van der Waals surface area contributed by atoms with E-state index in [1.54, 1.807) is 0 Å². The quantitative estimate of drug-likeness (QED) is 0.644. The van der Waals surface area contributed by atoms with Gasteiger partial charge in [-0.05, 0) is 54.7 Å². The molecule has 0 radical (unpaired) electrons. The number of carbonyl (C=O) groups is 1. The van der Waals surface area contributed by atoms with Crippen LogP contribution in [0.4, 0.5) is 5.82 Å². The predicted octanol–water partition coefficient (Wildman–Crippen LogP) is 3.81. The van der Waals surface area contributed by atoms with Crippen molar-refractivity contribution in [2.75, 3.05) is 44.3 Å². The number of nitrogens with zero attached hydrogens (tertiary/aromatic N) is 3. The number of hydrogen-bond acceptors (Lipinski definition) is 6. The van der Waals surface area contributed by atoms with Crippen molar-refractivity contribution in [1.82, 2.24) is 9.27 Å². The number of amides is 1. The molecular formula is C22H23N3O3S. The van der Waals surface area contributed by atoms with E-state index in [2.05, 4.69) is 21.4 Å². The summed E-state index contributed by atoms with van der Waals surface area (Å²) >= 11 is 1.53. The smallest absolute Gasteiger partial charge is 0.254 e. The molecule has 1 aromatic heterocycles. The monoisotopic (exact) mass is 409 g/mol. The van der Waals surface area contributed by atoms with Crippen LogP contribution >= 0.6 is 11.5 Å². The van der Waals surface area contributed by atoms with Crippen LogP contribution in [0.5, 0.6) is 11.5 Å². The molecule has 1 amide bonds. The minimum atomic E-state index is 0.0428. The van der Waals surface area contributed by atoms with E-state index in [9.17, 15) is 4.79 Å². The second-order valence-corrected chi connectivity index (χ2v) is 8.15. The van der Waals surface area contributed by atoms with Gasteiger partial charge in [-0.1, -0.05) is 12.1 Å². The zero-order chi connectivity index (χ0) is 19.6. The summed E-state index contributed by atoms with van der Waals surface area (Å²) < 4.78 is 17.4. The summed E-state index contributed by atoms with van der Waals surface area (Å²) in [5.41, 5.74) is 0.653. The molecule has 0 aliphatic carbocycles. The summed E-state index contributed by atoms with van der Waals surface area (Å²) in [7, 11) is 0. The SMILES string of the molecule is O=C(c1ccc2c(c1)OCCCCO2)N1CCN(c2nsc3ccccc23)CC1. The van der Waals surface area contributed by atoms with Crippen LogP contribution in [0.3, 0.4) is 0 Å². The van der Waals surface area contributed by atoms with Crippen molar-refractivity contribution in [3.05, 3.63) is 48.0 Å². The maximum absolute atomic E-state index is 13.0.